The lowest BCUT2D eigenvalue weighted by atomic mass is 10.1. The molecule has 2 aromatic rings. The Morgan fingerprint density at radius 3 is 2.43 bits per heavy atom. The summed E-state index contributed by atoms with van der Waals surface area (Å²) in [6.07, 6.45) is 0.605. The highest BCUT2D eigenvalue weighted by atomic mass is 35.5. The van der Waals surface area contributed by atoms with Crippen LogP contribution >= 0.6 is 23.2 Å². The van der Waals surface area contributed by atoms with Crippen LogP contribution in [0.4, 0.5) is 5.69 Å². The standard InChI is InChI=1S/C20H24Cl2N4O3S/c1-13-19(14(2)26(23-13)16-5-10-30(28,29)12-16)24-6-8-25(9-7-24)20(27)17-4-3-15(21)11-18(17)22/h3-4,11,16H,5-10,12H2,1-2H3. The Hall–Kier alpha value is -1.77. The second kappa shape index (κ2) is 8.05. The summed E-state index contributed by atoms with van der Waals surface area (Å²) >= 11 is 12.1. The molecule has 0 spiro atoms. The minimum Gasteiger partial charge on any atom is -0.365 e. The van der Waals surface area contributed by atoms with Crippen LogP contribution in [0.2, 0.25) is 10.0 Å². The Morgan fingerprint density at radius 1 is 1.13 bits per heavy atom. The summed E-state index contributed by atoms with van der Waals surface area (Å²) in [4.78, 5) is 16.9. The predicted octanol–water partition coefficient (Wildman–Crippen LogP) is 3.13. The third kappa shape index (κ3) is 4.05. The molecule has 0 radical (unpaired) electrons. The molecule has 4 rings (SSSR count). The van der Waals surface area contributed by atoms with Gasteiger partial charge in [-0.25, -0.2) is 8.42 Å². The maximum absolute atomic E-state index is 12.9. The van der Waals surface area contributed by atoms with E-state index >= 15 is 0 Å². The molecule has 2 saturated heterocycles. The number of rotatable bonds is 3. The van der Waals surface area contributed by atoms with Crippen LogP contribution in [0.15, 0.2) is 18.2 Å². The number of sulfone groups is 1. The third-order valence-corrected chi connectivity index (χ3v) is 8.18. The molecule has 0 saturated carbocycles. The van der Waals surface area contributed by atoms with Crippen LogP contribution in [0.3, 0.4) is 0 Å². The maximum atomic E-state index is 12.9. The van der Waals surface area contributed by atoms with E-state index in [4.69, 9.17) is 23.2 Å². The number of anilines is 1. The fourth-order valence-electron chi connectivity index (χ4n) is 4.40. The largest absolute Gasteiger partial charge is 0.365 e. The highest BCUT2D eigenvalue weighted by Gasteiger charge is 2.33. The number of aromatic nitrogens is 2. The molecule has 1 aromatic carbocycles. The van der Waals surface area contributed by atoms with Gasteiger partial charge in [-0.05, 0) is 38.5 Å². The minimum atomic E-state index is -2.98. The van der Waals surface area contributed by atoms with E-state index in [0.717, 1.165) is 17.1 Å². The number of nitrogens with zero attached hydrogens (tertiary/aromatic N) is 4. The Bertz CT molecular complexity index is 1090. The molecule has 162 valence electrons. The van der Waals surface area contributed by atoms with E-state index in [1.165, 1.54) is 0 Å². The summed E-state index contributed by atoms with van der Waals surface area (Å²) in [7, 11) is -2.98. The van der Waals surface area contributed by atoms with Crippen molar-refractivity contribution in [3.63, 3.8) is 0 Å². The molecule has 1 atom stereocenters. The van der Waals surface area contributed by atoms with E-state index in [0.29, 0.717) is 48.2 Å². The minimum absolute atomic E-state index is 0.0997. The zero-order chi connectivity index (χ0) is 21.6. The number of piperazine rings is 1. The zero-order valence-corrected chi connectivity index (χ0v) is 19.3. The van der Waals surface area contributed by atoms with E-state index < -0.39 is 9.84 Å². The Kier molecular flexibility index (Phi) is 5.76. The van der Waals surface area contributed by atoms with Crippen molar-refractivity contribution in [1.82, 2.24) is 14.7 Å². The molecule has 0 N–H and O–H groups in total. The molecule has 0 bridgehead atoms. The first-order chi connectivity index (χ1) is 14.2. The number of aryl methyl sites for hydroxylation is 1. The van der Waals surface area contributed by atoms with Gasteiger partial charge < -0.3 is 9.80 Å². The van der Waals surface area contributed by atoms with Gasteiger partial charge in [-0.1, -0.05) is 23.2 Å². The summed E-state index contributed by atoms with van der Waals surface area (Å²) < 4.78 is 25.6. The van der Waals surface area contributed by atoms with Gasteiger partial charge in [0.05, 0.1) is 45.2 Å². The van der Waals surface area contributed by atoms with Crippen LogP contribution < -0.4 is 4.90 Å². The van der Waals surface area contributed by atoms with Crippen molar-refractivity contribution in [2.45, 2.75) is 26.3 Å². The fraction of sp³-hybridized carbons (Fsp3) is 0.500. The second-order valence-electron chi connectivity index (χ2n) is 7.92. The van der Waals surface area contributed by atoms with Gasteiger partial charge in [-0.3, -0.25) is 9.48 Å². The molecule has 0 aliphatic carbocycles. The van der Waals surface area contributed by atoms with Crippen molar-refractivity contribution in [3.05, 3.63) is 45.2 Å². The average Bonchev–Trinajstić information content (AvgIpc) is 3.19. The lowest BCUT2D eigenvalue weighted by molar-refractivity contribution is 0.0747. The summed E-state index contributed by atoms with van der Waals surface area (Å²) in [5.41, 5.74) is 3.36. The SMILES string of the molecule is Cc1nn(C2CCS(=O)(=O)C2)c(C)c1N1CCN(C(=O)c2ccc(Cl)cc2Cl)CC1. The molecule has 1 amide bonds. The Labute approximate surface area is 186 Å². The number of carbonyl (C=O) groups excluding carboxylic acids is 1. The van der Waals surface area contributed by atoms with Crippen molar-refractivity contribution in [2.75, 3.05) is 42.6 Å². The fourth-order valence-corrected chi connectivity index (χ4v) is 6.58. The molecule has 2 aliphatic heterocycles. The first-order valence-electron chi connectivity index (χ1n) is 9.91. The molecular weight excluding hydrogens is 447 g/mol. The van der Waals surface area contributed by atoms with Gasteiger partial charge in [0.1, 0.15) is 0 Å². The summed E-state index contributed by atoms with van der Waals surface area (Å²) in [6, 6.07) is 4.81. The highest BCUT2D eigenvalue weighted by Crippen LogP contribution is 2.32. The number of benzene rings is 1. The normalized spacial score (nSPS) is 21.3. The van der Waals surface area contributed by atoms with Gasteiger partial charge >= 0.3 is 0 Å². The van der Waals surface area contributed by atoms with Crippen molar-refractivity contribution in [3.8, 4) is 0 Å². The molecule has 1 aromatic heterocycles. The van der Waals surface area contributed by atoms with Crippen molar-refractivity contribution < 1.29 is 13.2 Å². The molecule has 7 nitrogen and oxygen atoms in total. The van der Waals surface area contributed by atoms with Crippen LogP contribution in [-0.4, -0.2) is 66.7 Å². The van der Waals surface area contributed by atoms with Gasteiger partial charge in [0.25, 0.3) is 5.91 Å². The molecular formula is C20H24Cl2N4O3S. The lowest BCUT2D eigenvalue weighted by Gasteiger charge is -2.36. The quantitative estimate of drug-likeness (QED) is 0.688. The van der Waals surface area contributed by atoms with Crippen LogP contribution in [0, 0.1) is 13.8 Å². The predicted molar refractivity (Wildman–Crippen MR) is 119 cm³/mol. The first-order valence-corrected chi connectivity index (χ1v) is 12.5. The number of amides is 1. The number of halogens is 2. The van der Waals surface area contributed by atoms with E-state index in [-0.39, 0.29) is 23.5 Å². The van der Waals surface area contributed by atoms with Crippen LogP contribution in [0.25, 0.3) is 0 Å². The van der Waals surface area contributed by atoms with E-state index in [1.54, 1.807) is 23.1 Å². The van der Waals surface area contributed by atoms with E-state index in [1.807, 2.05) is 18.5 Å². The van der Waals surface area contributed by atoms with E-state index in [2.05, 4.69) is 10.00 Å². The lowest BCUT2D eigenvalue weighted by Crippen LogP contribution is -2.49. The van der Waals surface area contributed by atoms with Crippen LogP contribution in [0.1, 0.15) is 34.2 Å². The Morgan fingerprint density at radius 2 is 1.83 bits per heavy atom. The van der Waals surface area contributed by atoms with Crippen molar-refractivity contribution in [2.24, 2.45) is 0 Å². The molecule has 30 heavy (non-hydrogen) atoms. The summed E-state index contributed by atoms with van der Waals surface area (Å²) in [5, 5.41) is 5.51. The van der Waals surface area contributed by atoms with Gasteiger partial charge in [0, 0.05) is 31.2 Å². The summed E-state index contributed by atoms with van der Waals surface area (Å²) in [6.45, 7) is 6.43. The summed E-state index contributed by atoms with van der Waals surface area (Å²) in [5.74, 6) is 0.273. The first kappa shape index (κ1) is 21.5. The van der Waals surface area contributed by atoms with E-state index in [9.17, 15) is 13.2 Å². The molecule has 1 unspecified atom stereocenters. The smallest absolute Gasteiger partial charge is 0.255 e. The molecule has 10 heteroatoms. The van der Waals surface area contributed by atoms with Gasteiger partial charge in [0.2, 0.25) is 0 Å². The third-order valence-electron chi connectivity index (χ3n) is 5.89. The second-order valence-corrected chi connectivity index (χ2v) is 11.0. The van der Waals surface area contributed by atoms with Gasteiger partial charge in [0.15, 0.2) is 9.84 Å². The van der Waals surface area contributed by atoms with Crippen molar-refractivity contribution in [1.29, 1.82) is 0 Å². The molecule has 2 fully saturated rings. The average molecular weight is 471 g/mol. The number of hydrogen-bond acceptors (Lipinski definition) is 5. The van der Waals surface area contributed by atoms with Gasteiger partial charge in [-0.15, -0.1) is 0 Å². The van der Waals surface area contributed by atoms with Crippen LogP contribution in [-0.2, 0) is 9.84 Å². The highest BCUT2D eigenvalue weighted by molar-refractivity contribution is 7.91. The molecule has 3 heterocycles. The monoisotopic (exact) mass is 470 g/mol. The topological polar surface area (TPSA) is 75.5 Å². The van der Waals surface area contributed by atoms with Gasteiger partial charge in [-0.2, -0.15) is 5.10 Å². The zero-order valence-electron chi connectivity index (χ0n) is 16.9. The number of carbonyl (C=O) groups is 1. The van der Waals surface area contributed by atoms with Crippen molar-refractivity contribution >= 4 is 44.6 Å². The molecule has 2 aliphatic rings. The Balaban J connectivity index is 1.47. The van der Waals surface area contributed by atoms with Crippen LogP contribution in [0.5, 0.6) is 0 Å². The number of hydrogen-bond donors (Lipinski definition) is 0. The maximum Gasteiger partial charge on any atom is 0.255 e.